The third-order valence-electron chi connectivity index (χ3n) is 2.43. The van der Waals surface area contributed by atoms with Gasteiger partial charge in [-0.25, -0.2) is 4.79 Å². The van der Waals surface area contributed by atoms with Crippen molar-refractivity contribution in [1.82, 2.24) is 5.32 Å². The van der Waals surface area contributed by atoms with Gasteiger partial charge in [0.25, 0.3) is 5.91 Å². The Morgan fingerprint density at radius 3 is 2.84 bits per heavy atom. The summed E-state index contributed by atoms with van der Waals surface area (Å²) in [5.74, 6) is -1.27. The number of aliphatic hydroxyl groups excluding tert-OH is 1. The highest BCUT2D eigenvalue weighted by atomic mass is 35.5. The molecule has 1 unspecified atom stereocenters. The first-order valence-electron chi connectivity index (χ1n) is 5.27. The Bertz CT molecular complexity index is 532. The number of nitrogens with one attached hydrogen (secondary N) is 1. The highest BCUT2D eigenvalue weighted by Gasteiger charge is 2.21. The van der Waals surface area contributed by atoms with Crippen molar-refractivity contribution in [3.63, 3.8) is 0 Å². The summed E-state index contributed by atoms with van der Waals surface area (Å²) in [6.07, 6.45) is -1.66. The van der Waals surface area contributed by atoms with E-state index in [-0.39, 0.29) is 17.4 Å². The van der Waals surface area contributed by atoms with Crippen molar-refractivity contribution < 1.29 is 29.3 Å². The lowest BCUT2D eigenvalue weighted by atomic mass is 10.2. The van der Waals surface area contributed by atoms with Crippen molar-refractivity contribution in [3.05, 3.63) is 22.7 Å². The second kappa shape index (κ2) is 5.33. The molecule has 1 aliphatic heterocycles. The maximum atomic E-state index is 11.8. The zero-order valence-corrected chi connectivity index (χ0v) is 10.3. The van der Waals surface area contributed by atoms with Crippen molar-refractivity contribution >= 4 is 23.5 Å². The lowest BCUT2D eigenvalue weighted by Crippen LogP contribution is -2.36. The Kier molecular flexibility index (Phi) is 3.77. The number of fused-ring (bicyclic) bond motifs is 1. The van der Waals surface area contributed by atoms with Crippen LogP contribution in [0, 0.1) is 0 Å². The van der Waals surface area contributed by atoms with Crippen LogP contribution in [-0.4, -0.2) is 41.5 Å². The summed E-state index contributed by atoms with van der Waals surface area (Å²) in [5, 5.41) is 20.0. The van der Waals surface area contributed by atoms with Crippen molar-refractivity contribution in [2.75, 3.05) is 13.3 Å². The van der Waals surface area contributed by atoms with E-state index in [9.17, 15) is 9.59 Å². The first kappa shape index (κ1) is 13.4. The molecule has 3 N–H and O–H groups in total. The van der Waals surface area contributed by atoms with E-state index in [4.69, 9.17) is 31.3 Å². The number of aliphatic carboxylic acids is 1. The molecule has 0 spiro atoms. The van der Waals surface area contributed by atoms with Crippen LogP contribution in [0.1, 0.15) is 10.4 Å². The van der Waals surface area contributed by atoms with Crippen LogP contribution in [0.15, 0.2) is 12.1 Å². The molecule has 0 radical (unpaired) electrons. The number of carboxylic acids is 1. The zero-order chi connectivity index (χ0) is 14.0. The molecule has 1 atom stereocenters. The molecule has 1 aromatic rings. The summed E-state index contributed by atoms with van der Waals surface area (Å²) in [6, 6.07) is 2.80. The highest BCUT2D eigenvalue weighted by molar-refractivity contribution is 6.32. The molecule has 8 heteroatoms. The van der Waals surface area contributed by atoms with Crippen LogP contribution in [0.3, 0.4) is 0 Å². The van der Waals surface area contributed by atoms with Crippen LogP contribution in [-0.2, 0) is 4.79 Å². The molecule has 2 rings (SSSR count). The Morgan fingerprint density at radius 2 is 2.16 bits per heavy atom. The Labute approximate surface area is 112 Å². The number of rotatable bonds is 4. The molecule has 0 aliphatic carbocycles. The van der Waals surface area contributed by atoms with Gasteiger partial charge < -0.3 is 25.0 Å². The van der Waals surface area contributed by atoms with Gasteiger partial charge in [0, 0.05) is 5.56 Å². The molecule has 0 aromatic heterocycles. The van der Waals surface area contributed by atoms with Gasteiger partial charge in [-0.15, -0.1) is 0 Å². The van der Waals surface area contributed by atoms with Gasteiger partial charge in [0.05, 0.1) is 11.6 Å². The average Bonchev–Trinajstić information content (AvgIpc) is 2.83. The molecule has 7 nitrogen and oxygen atoms in total. The molecular weight excluding hydrogens is 278 g/mol. The van der Waals surface area contributed by atoms with E-state index in [1.54, 1.807) is 0 Å². The Balaban J connectivity index is 2.08. The molecular formula is C11H10ClNO6. The van der Waals surface area contributed by atoms with Gasteiger partial charge in [-0.2, -0.15) is 0 Å². The monoisotopic (exact) mass is 287 g/mol. The first-order chi connectivity index (χ1) is 8.99. The summed E-state index contributed by atoms with van der Waals surface area (Å²) < 4.78 is 10.2. The van der Waals surface area contributed by atoms with Crippen LogP contribution >= 0.6 is 11.6 Å². The van der Waals surface area contributed by atoms with E-state index >= 15 is 0 Å². The lowest BCUT2D eigenvalue weighted by molar-refractivity contribution is -0.146. The number of benzene rings is 1. The predicted octanol–water partition coefficient (Wildman–Crippen LogP) is 0.244. The fraction of sp³-hybridized carbons (Fsp3) is 0.273. The maximum absolute atomic E-state index is 11.8. The topological polar surface area (TPSA) is 105 Å². The number of carbonyl (C=O) groups excluding carboxylic acids is 1. The normalized spacial score (nSPS) is 14.0. The summed E-state index contributed by atoms with van der Waals surface area (Å²) in [7, 11) is 0. The number of aliphatic hydroxyl groups is 1. The Morgan fingerprint density at radius 1 is 1.42 bits per heavy atom. The molecule has 0 bridgehead atoms. The van der Waals surface area contributed by atoms with E-state index in [2.05, 4.69) is 5.32 Å². The molecule has 1 amide bonds. The number of carboxylic acid groups (broad SMARTS) is 1. The van der Waals surface area contributed by atoms with Crippen molar-refractivity contribution in [3.8, 4) is 11.5 Å². The number of carbonyl (C=O) groups is 2. The van der Waals surface area contributed by atoms with Crippen molar-refractivity contribution in [2.24, 2.45) is 0 Å². The van der Waals surface area contributed by atoms with Gasteiger partial charge in [0.2, 0.25) is 6.79 Å². The highest BCUT2D eigenvalue weighted by Crippen LogP contribution is 2.39. The van der Waals surface area contributed by atoms with E-state index < -0.39 is 24.5 Å². The second-order valence-corrected chi connectivity index (χ2v) is 4.16. The van der Waals surface area contributed by atoms with Gasteiger partial charge in [-0.3, -0.25) is 4.79 Å². The maximum Gasteiger partial charge on any atom is 0.334 e. The molecule has 0 saturated carbocycles. The minimum absolute atomic E-state index is 0.0256. The minimum atomic E-state index is -1.66. The van der Waals surface area contributed by atoms with Crippen molar-refractivity contribution in [2.45, 2.75) is 6.10 Å². The molecule has 19 heavy (non-hydrogen) atoms. The number of ether oxygens (including phenoxy) is 2. The van der Waals surface area contributed by atoms with Gasteiger partial charge in [0.15, 0.2) is 17.6 Å². The largest absolute Gasteiger partial charge is 0.479 e. The Hall–Kier alpha value is -1.99. The second-order valence-electron chi connectivity index (χ2n) is 3.76. The zero-order valence-electron chi connectivity index (χ0n) is 9.55. The van der Waals surface area contributed by atoms with Gasteiger partial charge in [-0.1, -0.05) is 11.6 Å². The molecule has 102 valence electrons. The van der Waals surface area contributed by atoms with Gasteiger partial charge >= 0.3 is 5.97 Å². The van der Waals surface area contributed by atoms with Crippen LogP contribution in [0.4, 0.5) is 0 Å². The first-order valence-corrected chi connectivity index (χ1v) is 5.65. The molecule has 0 saturated heterocycles. The number of halogens is 1. The standard InChI is InChI=1S/C11H10ClNO6/c12-6-1-5(2-8-9(6)19-4-18-8)10(15)13-3-7(14)11(16)17/h1-2,7,14H,3-4H2,(H,13,15)(H,16,17). The lowest BCUT2D eigenvalue weighted by Gasteiger charge is -2.08. The molecule has 0 fully saturated rings. The summed E-state index contributed by atoms with van der Waals surface area (Å²) in [5.41, 5.74) is 0.187. The third kappa shape index (κ3) is 2.88. The summed E-state index contributed by atoms with van der Waals surface area (Å²) in [6.45, 7) is -0.377. The predicted molar refractivity (Wildman–Crippen MR) is 63.6 cm³/mol. The molecule has 1 heterocycles. The number of hydrogen-bond donors (Lipinski definition) is 3. The molecule has 1 aromatic carbocycles. The van der Waals surface area contributed by atoms with Crippen LogP contribution in [0.25, 0.3) is 0 Å². The fourth-order valence-electron chi connectivity index (χ4n) is 1.48. The summed E-state index contributed by atoms with van der Waals surface area (Å²) >= 11 is 5.90. The number of hydrogen-bond acceptors (Lipinski definition) is 5. The molecule has 1 aliphatic rings. The van der Waals surface area contributed by atoms with E-state index in [1.807, 2.05) is 0 Å². The quantitative estimate of drug-likeness (QED) is 0.733. The fourth-order valence-corrected chi connectivity index (χ4v) is 1.74. The van der Waals surface area contributed by atoms with Crippen LogP contribution in [0.2, 0.25) is 5.02 Å². The van der Waals surface area contributed by atoms with E-state index in [0.29, 0.717) is 11.5 Å². The van der Waals surface area contributed by atoms with E-state index in [1.165, 1.54) is 12.1 Å². The van der Waals surface area contributed by atoms with Crippen molar-refractivity contribution in [1.29, 1.82) is 0 Å². The SMILES string of the molecule is O=C(NCC(O)C(=O)O)c1cc(Cl)c2c(c1)OCO2. The van der Waals surface area contributed by atoms with E-state index in [0.717, 1.165) is 0 Å². The third-order valence-corrected chi connectivity index (χ3v) is 2.71. The summed E-state index contributed by atoms with van der Waals surface area (Å²) in [4.78, 5) is 22.2. The smallest absolute Gasteiger partial charge is 0.334 e. The van der Waals surface area contributed by atoms with Gasteiger partial charge in [-0.05, 0) is 12.1 Å². The van der Waals surface area contributed by atoms with Crippen LogP contribution < -0.4 is 14.8 Å². The number of amides is 1. The van der Waals surface area contributed by atoms with Crippen LogP contribution in [0.5, 0.6) is 11.5 Å². The average molecular weight is 288 g/mol. The minimum Gasteiger partial charge on any atom is -0.479 e. The van der Waals surface area contributed by atoms with Gasteiger partial charge in [0.1, 0.15) is 0 Å².